The zero-order valence-electron chi connectivity index (χ0n) is 7.61. The Hall–Kier alpha value is -1.58. The van der Waals surface area contributed by atoms with E-state index in [2.05, 4.69) is 10.2 Å². The van der Waals surface area contributed by atoms with Crippen molar-refractivity contribution in [2.45, 2.75) is 19.9 Å². The number of rotatable bonds is 1. The van der Waals surface area contributed by atoms with Crippen molar-refractivity contribution in [3.63, 3.8) is 0 Å². The Labute approximate surface area is 75.2 Å². The lowest BCUT2D eigenvalue weighted by Gasteiger charge is -2.09. The minimum absolute atomic E-state index is 0.0175. The molecule has 0 aliphatic heterocycles. The van der Waals surface area contributed by atoms with Crippen LogP contribution in [0.5, 0.6) is 0 Å². The van der Waals surface area contributed by atoms with E-state index in [1.165, 1.54) is 0 Å². The average molecular weight is 177 g/mol. The van der Waals surface area contributed by atoms with Gasteiger partial charge in [0.25, 0.3) is 5.56 Å². The third kappa shape index (κ3) is 1.14. The Kier molecular flexibility index (Phi) is 1.69. The molecule has 4 nitrogen and oxygen atoms in total. The smallest absolute Gasteiger partial charge is 0.251 e. The van der Waals surface area contributed by atoms with Crippen LogP contribution in [0.4, 0.5) is 0 Å². The van der Waals surface area contributed by atoms with E-state index in [-0.39, 0.29) is 11.6 Å². The SMILES string of the molecule is CC(C)n1c(=O)ccc2[nH]ncc21. The van der Waals surface area contributed by atoms with E-state index in [9.17, 15) is 4.79 Å². The van der Waals surface area contributed by atoms with Gasteiger partial charge in [-0.2, -0.15) is 5.10 Å². The van der Waals surface area contributed by atoms with Gasteiger partial charge in [0.05, 0.1) is 17.2 Å². The number of aromatic nitrogens is 3. The van der Waals surface area contributed by atoms with Gasteiger partial charge in [-0.1, -0.05) is 0 Å². The van der Waals surface area contributed by atoms with Crippen molar-refractivity contribution < 1.29 is 0 Å². The highest BCUT2D eigenvalue weighted by atomic mass is 16.1. The van der Waals surface area contributed by atoms with Gasteiger partial charge in [0.1, 0.15) is 0 Å². The minimum atomic E-state index is 0.0175. The highest BCUT2D eigenvalue weighted by molar-refractivity contribution is 5.73. The molecule has 0 saturated carbocycles. The summed E-state index contributed by atoms with van der Waals surface area (Å²) in [7, 11) is 0. The zero-order chi connectivity index (χ0) is 9.42. The molecule has 1 N–H and O–H groups in total. The molecular formula is C9H11N3O. The summed E-state index contributed by atoms with van der Waals surface area (Å²) < 4.78 is 1.72. The van der Waals surface area contributed by atoms with Crippen LogP contribution in [0.1, 0.15) is 19.9 Å². The van der Waals surface area contributed by atoms with Gasteiger partial charge in [-0.05, 0) is 19.9 Å². The Bertz CT molecular complexity index is 481. The summed E-state index contributed by atoms with van der Waals surface area (Å²) >= 11 is 0. The molecule has 0 spiro atoms. The van der Waals surface area contributed by atoms with E-state index in [0.717, 1.165) is 11.0 Å². The quantitative estimate of drug-likeness (QED) is 0.713. The van der Waals surface area contributed by atoms with Gasteiger partial charge in [-0.25, -0.2) is 0 Å². The summed E-state index contributed by atoms with van der Waals surface area (Å²) in [6.07, 6.45) is 1.68. The van der Waals surface area contributed by atoms with Crippen molar-refractivity contribution in [3.05, 3.63) is 28.7 Å². The fraction of sp³-hybridized carbons (Fsp3) is 0.333. The van der Waals surface area contributed by atoms with Crippen LogP contribution in [0.25, 0.3) is 11.0 Å². The lowest BCUT2D eigenvalue weighted by Crippen LogP contribution is -2.20. The summed E-state index contributed by atoms with van der Waals surface area (Å²) in [5.41, 5.74) is 1.78. The van der Waals surface area contributed by atoms with Crippen LogP contribution in [0, 0.1) is 0 Å². The van der Waals surface area contributed by atoms with Crippen LogP contribution in [-0.2, 0) is 0 Å². The molecule has 0 aliphatic carbocycles. The second kappa shape index (κ2) is 2.73. The van der Waals surface area contributed by atoms with E-state index in [1.807, 2.05) is 13.8 Å². The molecule has 2 aromatic rings. The molecule has 0 aliphatic rings. The molecule has 2 rings (SSSR count). The second-order valence-electron chi connectivity index (χ2n) is 3.30. The molecule has 0 aromatic carbocycles. The normalized spacial score (nSPS) is 11.3. The molecule has 0 saturated heterocycles. The van der Waals surface area contributed by atoms with E-state index in [1.54, 1.807) is 22.9 Å². The van der Waals surface area contributed by atoms with Crippen LogP contribution in [0.3, 0.4) is 0 Å². The average Bonchev–Trinajstić information content (AvgIpc) is 2.50. The van der Waals surface area contributed by atoms with E-state index in [4.69, 9.17) is 0 Å². The summed E-state index contributed by atoms with van der Waals surface area (Å²) in [5.74, 6) is 0. The highest BCUT2D eigenvalue weighted by Gasteiger charge is 2.06. The monoisotopic (exact) mass is 177 g/mol. The van der Waals surface area contributed by atoms with Gasteiger partial charge in [0.2, 0.25) is 0 Å². The number of pyridine rings is 1. The molecule has 0 unspecified atom stereocenters. The Morgan fingerprint density at radius 1 is 1.46 bits per heavy atom. The first-order valence-corrected chi connectivity index (χ1v) is 4.25. The molecule has 13 heavy (non-hydrogen) atoms. The zero-order valence-corrected chi connectivity index (χ0v) is 7.61. The number of nitrogens with one attached hydrogen (secondary N) is 1. The second-order valence-corrected chi connectivity index (χ2v) is 3.30. The molecule has 0 radical (unpaired) electrons. The van der Waals surface area contributed by atoms with Gasteiger partial charge < -0.3 is 4.57 Å². The summed E-state index contributed by atoms with van der Waals surface area (Å²) in [6.45, 7) is 3.96. The van der Waals surface area contributed by atoms with Crippen molar-refractivity contribution in [2.24, 2.45) is 0 Å². The van der Waals surface area contributed by atoms with E-state index < -0.39 is 0 Å². The van der Waals surface area contributed by atoms with E-state index in [0.29, 0.717) is 0 Å². The van der Waals surface area contributed by atoms with Crippen LogP contribution < -0.4 is 5.56 Å². The van der Waals surface area contributed by atoms with Crippen molar-refractivity contribution in [1.29, 1.82) is 0 Å². The maximum absolute atomic E-state index is 11.5. The van der Waals surface area contributed by atoms with Crippen LogP contribution in [0.2, 0.25) is 0 Å². The first kappa shape index (κ1) is 8.04. The number of aromatic amines is 1. The number of H-pyrrole nitrogens is 1. The molecule has 2 heterocycles. The minimum Gasteiger partial charge on any atom is -0.303 e. The van der Waals surface area contributed by atoms with Gasteiger partial charge >= 0.3 is 0 Å². The van der Waals surface area contributed by atoms with Gasteiger partial charge in [0, 0.05) is 12.1 Å². The van der Waals surface area contributed by atoms with Gasteiger partial charge in [-0.15, -0.1) is 0 Å². The Morgan fingerprint density at radius 3 is 2.92 bits per heavy atom. The van der Waals surface area contributed by atoms with Crippen LogP contribution in [-0.4, -0.2) is 14.8 Å². The number of hydrogen-bond donors (Lipinski definition) is 1. The van der Waals surface area contributed by atoms with Crippen molar-refractivity contribution >= 4 is 11.0 Å². The van der Waals surface area contributed by atoms with Gasteiger partial charge in [-0.3, -0.25) is 9.89 Å². The van der Waals surface area contributed by atoms with Crippen molar-refractivity contribution in [2.75, 3.05) is 0 Å². The third-order valence-electron chi connectivity index (χ3n) is 2.05. The molecule has 0 bridgehead atoms. The topological polar surface area (TPSA) is 50.7 Å². The predicted molar refractivity (Wildman–Crippen MR) is 50.7 cm³/mol. The van der Waals surface area contributed by atoms with Crippen molar-refractivity contribution in [3.8, 4) is 0 Å². The molecule has 68 valence electrons. The number of hydrogen-bond acceptors (Lipinski definition) is 2. The summed E-state index contributed by atoms with van der Waals surface area (Å²) in [6, 6.07) is 3.47. The lowest BCUT2D eigenvalue weighted by atomic mass is 10.3. The summed E-state index contributed by atoms with van der Waals surface area (Å²) in [5, 5.41) is 6.73. The molecule has 0 amide bonds. The molecule has 2 aromatic heterocycles. The summed E-state index contributed by atoms with van der Waals surface area (Å²) in [4.78, 5) is 11.5. The fourth-order valence-corrected chi connectivity index (χ4v) is 1.49. The van der Waals surface area contributed by atoms with Crippen LogP contribution >= 0.6 is 0 Å². The molecular weight excluding hydrogens is 166 g/mol. The van der Waals surface area contributed by atoms with Crippen molar-refractivity contribution in [1.82, 2.24) is 14.8 Å². The molecule has 4 heteroatoms. The lowest BCUT2D eigenvalue weighted by molar-refractivity contribution is 0.600. The van der Waals surface area contributed by atoms with E-state index >= 15 is 0 Å². The largest absolute Gasteiger partial charge is 0.303 e. The fourth-order valence-electron chi connectivity index (χ4n) is 1.49. The predicted octanol–water partition coefficient (Wildman–Crippen LogP) is 1.31. The maximum Gasteiger partial charge on any atom is 0.251 e. The van der Waals surface area contributed by atoms with Crippen LogP contribution in [0.15, 0.2) is 23.1 Å². The molecule has 0 atom stereocenters. The number of nitrogens with zero attached hydrogens (tertiary/aromatic N) is 2. The maximum atomic E-state index is 11.5. The molecule has 0 fully saturated rings. The number of fused-ring (bicyclic) bond motifs is 1. The third-order valence-corrected chi connectivity index (χ3v) is 2.05. The highest BCUT2D eigenvalue weighted by Crippen LogP contribution is 2.11. The first-order chi connectivity index (χ1) is 6.20. The standard InChI is InChI=1S/C9H11N3O/c1-6(2)12-8-5-10-11-7(8)3-4-9(12)13/h3-6H,1-2H3,(H,10,11). The van der Waals surface area contributed by atoms with Gasteiger partial charge in [0.15, 0.2) is 0 Å². The first-order valence-electron chi connectivity index (χ1n) is 4.25. The Balaban J connectivity index is 2.89. The Morgan fingerprint density at radius 2 is 2.23 bits per heavy atom.